The summed E-state index contributed by atoms with van der Waals surface area (Å²) in [4.78, 5) is 0. The molecule has 1 heterocycles. The van der Waals surface area contributed by atoms with Gasteiger partial charge in [0, 0.05) is 10.5 Å². The Bertz CT molecular complexity index is 435. The smallest absolute Gasteiger partial charge is 0.162 e. The van der Waals surface area contributed by atoms with Gasteiger partial charge in [-0.25, -0.2) is 0 Å². The standard InChI is InChI=1S/C16H24BrNO2/c1-12(2)18-7-5-3-4-6-13-10-15-16(11-14(13)17)20-9-8-19-15/h10-12,18H,3-9H2,1-2H3. The lowest BCUT2D eigenvalue weighted by atomic mass is 10.1. The largest absolute Gasteiger partial charge is 0.486 e. The minimum atomic E-state index is 0.585. The number of fused-ring (bicyclic) bond motifs is 1. The first kappa shape index (κ1) is 15.6. The molecule has 1 aromatic rings. The lowest BCUT2D eigenvalue weighted by Gasteiger charge is -2.20. The summed E-state index contributed by atoms with van der Waals surface area (Å²) in [5.41, 5.74) is 1.31. The second-order valence-corrected chi connectivity index (χ2v) is 6.36. The van der Waals surface area contributed by atoms with Gasteiger partial charge < -0.3 is 14.8 Å². The Hall–Kier alpha value is -0.740. The Morgan fingerprint density at radius 2 is 1.80 bits per heavy atom. The van der Waals surface area contributed by atoms with Crippen molar-refractivity contribution in [1.29, 1.82) is 0 Å². The van der Waals surface area contributed by atoms with E-state index < -0.39 is 0 Å². The summed E-state index contributed by atoms with van der Waals surface area (Å²) in [5.74, 6) is 1.74. The van der Waals surface area contributed by atoms with E-state index in [1.54, 1.807) is 0 Å². The van der Waals surface area contributed by atoms with Crippen LogP contribution in [-0.4, -0.2) is 25.8 Å². The third-order valence-corrected chi connectivity index (χ3v) is 4.12. The van der Waals surface area contributed by atoms with Gasteiger partial charge in [-0.2, -0.15) is 0 Å². The molecule has 2 rings (SSSR count). The third kappa shape index (κ3) is 4.67. The van der Waals surface area contributed by atoms with Crippen molar-refractivity contribution in [2.24, 2.45) is 0 Å². The van der Waals surface area contributed by atoms with Crippen molar-refractivity contribution >= 4 is 15.9 Å². The fourth-order valence-corrected chi connectivity index (χ4v) is 2.83. The molecule has 1 aromatic carbocycles. The lowest BCUT2D eigenvalue weighted by Crippen LogP contribution is -2.23. The number of rotatable bonds is 7. The fourth-order valence-electron chi connectivity index (χ4n) is 2.31. The minimum absolute atomic E-state index is 0.585. The monoisotopic (exact) mass is 341 g/mol. The van der Waals surface area contributed by atoms with E-state index in [-0.39, 0.29) is 0 Å². The van der Waals surface area contributed by atoms with E-state index >= 15 is 0 Å². The van der Waals surface area contributed by atoms with E-state index in [4.69, 9.17) is 9.47 Å². The van der Waals surface area contributed by atoms with Gasteiger partial charge in [0.1, 0.15) is 13.2 Å². The summed E-state index contributed by atoms with van der Waals surface area (Å²) in [6, 6.07) is 4.73. The number of unbranched alkanes of at least 4 members (excludes halogenated alkanes) is 2. The third-order valence-electron chi connectivity index (χ3n) is 3.39. The molecule has 0 aromatic heterocycles. The van der Waals surface area contributed by atoms with Gasteiger partial charge in [0.25, 0.3) is 0 Å². The molecule has 1 aliphatic rings. The molecule has 0 atom stereocenters. The molecule has 0 spiro atoms. The highest BCUT2D eigenvalue weighted by Gasteiger charge is 2.14. The first-order valence-electron chi connectivity index (χ1n) is 7.48. The first-order valence-corrected chi connectivity index (χ1v) is 8.27. The van der Waals surface area contributed by atoms with Crippen molar-refractivity contribution < 1.29 is 9.47 Å². The van der Waals surface area contributed by atoms with Crippen LogP contribution in [0.3, 0.4) is 0 Å². The van der Waals surface area contributed by atoms with Crippen molar-refractivity contribution in [3.05, 3.63) is 22.2 Å². The molecule has 0 bridgehead atoms. The van der Waals surface area contributed by atoms with Crippen molar-refractivity contribution in [3.63, 3.8) is 0 Å². The van der Waals surface area contributed by atoms with E-state index in [9.17, 15) is 0 Å². The van der Waals surface area contributed by atoms with Crippen LogP contribution in [-0.2, 0) is 6.42 Å². The van der Waals surface area contributed by atoms with E-state index in [2.05, 4.69) is 41.2 Å². The van der Waals surface area contributed by atoms with Crippen LogP contribution < -0.4 is 14.8 Å². The van der Waals surface area contributed by atoms with Crippen LogP contribution in [0.5, 0.6) is 11.5 Å². The molecule has 112 valence electrons. The predicted molar refractivity (Wildman–Crippen MR) is 85.8 cm³/mol. The van der Waals surface area contributed by atoms with Crippen LogP contribution in [0.2, 0.25) is 0 Å². The second kappa shape index (κ2) is 7.89. The Labute approximate surface area is 130 Å². The number of benzene rings is 1. The molecule has 1 aliphatic heterocycles. The number of aryl methyl sites for hydroxylation is 1. The molecule has 0 fully saturated rings. The van der Waals surface area contributed by atoms with Crippen LogP contribution >= 0.6 is 15.9 Å². The zero-order valence-corrected chi connectivity index (χ0v) is 14.0. The van der Waals surface area contributed by atoms with E-state index in [0.29, 0.717) is 19.3 Å². The zero-order chi connectivity index (χ0) is 14.4. The topological polar surface area (TPSA) is 30.5 Å². The van der Waals surface area contributed by atoms with Crippen molar-refractivity contribution in [2.75, 3.05) is 19.8 Å². The summed E-state index contributed by atoms with van der Waals surface area (Å²) >= 11 is 3.63. The van der Waals surface area contributed by atoms with Gasteiger partial charge in [0.05, 0.1) is 0 Å². The molecule has 0 aliphatic carbocycles. The van der Waals surface area contributed by atoms with Crippen LogP contribution in [0, 0.1) is 0 Å². The van der Waals surface area contributed by atoms with Gasteiger partial charge in [0.2, 0.25) is 0 Å². The minimum Gasteiger partial charge on any atom is -0.486 e. The number of hydrogen-bond acceptors (Lipinski definition) is 3. The van der Waals surface area contributed by atoms with Gasteiger partial charge in [-0.05, 0) is 43.5 Å². The first-order chi connectivity index (χ1) is 9.66. The van der Waals surface area contributed by atoms with Gasteiger partial charge in [-0.1, -0.05) is 36.2 Å². The average Bonchev–Trinajstić information content (AvgIpc) is 2.42. The SMILES string of the molecule is CC(C)NCCCCCc1cc2c(cc1Br)OCCO2. The Morgan fingerprint density at radius 1 is 1.10 bits per heavy atom. The maximum atomic E-state index is 5.63. The van der Waals surface area contributed by atoms with Crippen LogP contribution in [0.1, 0.15) is 38.7 Å². The highest BCUT2D eigenvalue weighted by molar-refractivity contribution is 9.10. The van der Waals surface area contributed by atoms with Gasteiger partial charge in [-0.15, -0.1) is 0 Å². The highest BCUT2D eigenvalue weighted by atomic mass is 79.9. The van der Waals surface area contributed by atoms with E-state index in [1.807, 2.05) is 6.07 Å². The number of hydrogen-bond donors (Lipinski definition) is 1. The Balaban J connectivity index is 1.78. The summed E-state index contributed by atoms with van der Waals surface area (Å²) < 4.78 is 12.3. The molecular formula is C16H24BrNO2. The zero-order valence-electron chi connectivity index (χ0n) is 12.4. The van der Waals surface area contributed by atoms with E-state index in [0.717, 1.165) is 28.9 Å². The quantitative estimate of drug-likeness (QED) is 0.762. The molecule has 0 amide bonds. The molecule has 20 heavy (non-hydrogen) atoms. The maximum Gasteiger partial charge on any atom is 0.162 e. The summed E-state index contributed by atoms with van der Waals surface area (Å²) in [6.45, 7) is 6.77. The number of halogens is 1. The van der Waals surface area contributed by atoms with Crippen LogP contribution in [0.25, 0.3) is 0 Å². The van der Waals surface area contributed by atoms with Crippen molar-refractivity contribution in [2.45, 2.75) is 45.6 Å². The van der Waals surface area contributed by atoms with Gasteiger partial charge >= 0.3 is 0 Å². The lowest BCUT2D eigenvalue weighted by molar-refractivity contribution is 0.171. The second-order valence-electron chi connectivity index (χ2n) is 5.51. The average molecular weight is 342 g/mol. The number of nitrogens with one attached hydrogen (secondary N) is 1. The summed E-state index contributed by atoms with van der Waals surface area (Å²) in [6.07, 6.45) is 4.78. The molecule has 0 unspecified atom stereocenters. The Kier molecular flexibility index (Phi) is 6.17. The van der Waals surface area contributed by atoms with E-state index in [1.165, 1.54) is 24.8 Å². The summed E-state index contributed by atoms with van der Waals surface area (Å²) in [5, 5.41) is 3.45. The van der Waals surface area contributed by atoms with Crippen molar-refractivity contribution in [1.82, 2.24) is 5.32 Å². The van der Waals surface area contributed by atoms with Crippen LogP contribution in [0.15, 0.2) is 16.6 Å². The van der Waals surface area contributed by atoms with Crippen LogP contribution in [0.4, 0.5) is 0 Å². The maximum absolute atomic E-state index is 5.63. The molecule has 0 radical (unpaired) electrons. The molecule has 4 heteroatoms. The predicted octanol–water partition coefficient (Wildman–Crippen LogP) is 3.93. The molecular weight excluding hydrogens is 318 g/mol. The molecule has 3 nitrogen and oxygen atoms in total. The van der Waals surface area contributed by atoms with Crippen molar-refractivity contribution in [3.8, 4) is 11.5 Å². The normalized spacial score (nSPS) is 13.8. The van der Waals surface area contributed by atoms with Gasteiger partial charge in [0.15, 0.2) is 11.5 Å². The fraction of sp³-hybridized carbons (Fsp3) is 0.625. The highest BCUT2D eigenvalue weighted by Crippen LogP contribution is 2.36. The molecule has 1 N–H and O–H groups in total. The molecule has 0 saturated carbocycles. The van der Waals surface area contributed by atoms with Gasteiger partial charge in [-0.3, -0.25) is 0 Å². The number of ether oxygens (including phenoxy) is 2. The molecule has 0 saturated heterocycles. The summed E-state index contributed by atoms with van der Waals surface area (Å²) in [7, 11) is 0. The Morgan fingerprint density at radius 3 is 2.50 bits per heavy atom.